The highest BCUT2D eigenvalue weighted by Gasteiger charge is 2.12. The molecule has 0 saturated carbocycles. The predicted octanol–water partition coefficient (Wildman–Crippen LogP) is 0.842. The summed E-state index contributed by atoms with van der Waals surface area (Å²) < 4.78 is 10.6. The van der Waals surface area contributed by atoms with Crippen LogP contribution in [0.3, 0.4) is 0 Å². The van der Waals surface area contributed by atoms with Crippen LogP contribution in [0, 0.1) is 0 Å². The minimum absolute atomic E-state index is 0.367. The van der Waals surface area contributed by atoms with E-state index in [4.69, 9.17) is 15.3 Å². The van der Waals surface area contributed by atoms with Gasteiger partial charge in [-0.05, 0) is 38.1 Å². The highest BCUT2D eigenvalue weighted by Crippen LogP contribution is 2.18. The predicted molar refractivity (Wildman–Crippen MR) is 60.0 cm³/mol. The molecule has 0 bridgehead atoms. The summed E-state index contributed by atoms with van der Waals surface area (Å²) >= 11 is 0. The van der Waals surface area contributed by atoms with E-state index < -0.39 is 6.10 Å². The first-order valence-electron chi connectivity index (χ1n) is 5.07. The highest BCUT2D eigenvalue weighted by atomic mass is 16.5. The molecular formula is C11H16N2O3. The second-order valence-corrected chi connectivity index (χ2v) is 3.17. The third kappa shape index (κ3) is 3.43. The average molecular weight is 224 g/mol. The second-order valence-electron chi connectivity index (χ2n) is 3.17. The van der Waals surface area contributed by atoms with Gasteiger partial charge in [0.05, 0.1) is 6.61 Å². The smallest absolute Gasteiger partial charge is 0.274 e. The first kappa shape index (κ1) is 12.3. The van der Waals surface area contributed by atoms with Crippen LogP contribution in [0.1, 0.15) is 13.8 Å². The number of amides is 1. The van der Waals surface area contributed by atoms with Gasteiger partial charge in [-0.1, -0.05) is 0 Å². The highest BCUT2D eigenvalue weighted by molar-refractivity contribution is 5.80. The quantitative estimate of drug-likeness (QED) is 0.441. The summed E-state index contributed by atoms with van der Waals surface area (Å²) in [5.41, 5.74) is 2.03. The van der Waals surface area contributed by atoms with Crippen molar-refractivity contribution in [2.24, 2.45) is 5.84 Å². The standard InChI is InChI=1S/C11H16N2O3/c1-3-15-9-4-6-10(7-5-9)16-8(2)11(14)13-12/h4-8H,3,12H2,1-2H3,(H,13,14)/t8-/m1/s1. The van der Waals surface area contributed by atoms with Crippen molar-refractivity contribution in [2.75, 3.05) is 6.61 Å². The third-order valence-electron chi connectivity index (χ3n) is 1.96. The van der Waals surface area contributed by atoms with Gasteiger partial charge in [0.2, 0.25) is 0 Å². The Hall–Kier alpha value is -1.75. The number of nitrogens with two attached hydrogens (primary N) is 1. The minimum Gasteiger partial charge on any atom is -0.494 e. The molecule has 0 spiro atoms. The van der Waals surface area contributed by atoms with Crippen molar-refractivity contribution in [1.82, 2.24) is 5.43 Å². The van der Waals surface area contributed by atoms with E-state index in [9.17, 15) is 4.79 Å². The molecular weight excluding hydrogens is 208 g/mol. The monoisotopic (exact) mass is 224 g/mol. The zero-order valence-electron chi connectivity index (χ0n) is 9.40. The van der Waals surface area contributed by atoms with Crippen molar-refractivity contribution in [2.45, 2.75) is 20.0 Å². The maximum atomic E-state index is 11.1. The SMILES string of the molecule is CCOc1ccc(O[C@H](C)C(=O)NN)cc1. The zero-order chi connectivity index (χ0) is 12.0. The average Bonchev–Trinajstić information content (AvgIpc) is 2.31. The van der Waals surface area contributed by atoms with E-state index in [2.05, 4.69) is 0 Å². The molecule has 1 aromatic carbocycles. The fourth-order valence-corrected chi connectivity index (χ4v) is 1.16. The van der Waals surface area contributed by atoms with Crippen molar-refractivity contribution in [3.8, 4) is 11.5 Å². The van der Waals surface area contributed by atoms with Crippen LogP contribution in [-0.4, -0.2) is 18.6 Å². The van der Waals surface area contributed by atoms with Gasteiger partial charge in [0, 0.05) is 0 Å². The van der Waals surface area contributed by atoms with E-state index >= 15 is 0 Å². The van der Waals surface area contributed by atoms with Gasteiger partial charge in [-0.2, -0.15) is 0 Å². The molecule has 0 fully saturated rings. The van der Waals surface area contributed by atoms with Gasteiger partial charge >= 0.3 is 0 Å². The molecule has 0 unspecified atom stereocenters. The third-order valence-corrected chi connectivity index (χ3v) is 1.96. The molecule has 5 nitrogen and oxygen atoms in total. The molecule has 0 aliphatic rings. The van der Waals surface area contributed by atoms with E-state index in [1.165, 1.54) is 0 Å². The summed E-state index contributed by atoms with van der Waals surface area (Å²) in [7, 11) is 0. The Bertz CT molecular complexity index is 338. The maximum absolute atomic E-state index is 11.1. The summed E-state index contributed by atoms with van der Waals surface area (Å²) in [5.74, 6) is 5.99. The Kier molecular flexibility index (Phi) is 4.60. The molecule has 88 valence electrons. The molecule has 1 rings (SSSR count). The number of hydrazine groups is 1. The lowest BCUT2D eigenvalue weighted by Gasteiger charge is -2.13. The van der Waals surface area contributed by atoms with Crippen LogP contribution < -0.4 is 20.7 Å². The van der Waals surface area contributed by atoms with Crippen LogP contribution >= 0.6 is 0 Å². The number of carbonyl (C=O) groups excluding carboxylic acids is 1. The molecule has 5 heteroatoms. The van der Waals surface area contributed by atoms with E-state index in [1.807, 2.05) is 12.3 Å². The summed E-state index contributed by atoms with van der Waals surface area (Å²) in [4.78, 5) is 11.1. The molecule has 16 heavy (non-hydrogen) atoms. The van der Waals surface area contributed by atoms with Crippen molar-refractivity contribution in [3.63, 3.8) is 0 Å². The minimum atomic E-state index is -0.622. The first-order valence-corrected chi connectivity index (χ1v) is 5.07. The van der Waals surface area contributed by atoms with Crippen LogP contribution in [0.5, 0.6) is 11.5 Å². The van der Waals surface area contributed by atoms with Gasteiger partial charge in [-0.25, -0.2) is 5.84 Å². The Balaban J connectivity index is 2.58. The largest absolute Gasteiger partial charge is 0.494 e. The number of hydrogen-bond donors (Lipinski definition) is 2. The van der Waals surface area contributed by atoms with Crippen molar-refractivity contribution in [1.29, 1.82) is 0 Å². The molecule has 0 aromatic heterocycles. The molecule has 0 saturated heterocycles. The number of benzene rings is 1. The molecule has 0 aliphatic carbocycles. The Morgan fingerprint density at radius 3 is 2.44 bits per heavy atom. The molecule has 0 radical (unpaired) electrons. The van der Waals surface area contributed by atoms with E-state index in [0.717, 1.165) is 5.75 Å². The number of carbonyl (C=O) groups is 1. The van der Waals surface area contributed by atoms with Crippen LogP contribution in [0.2, 0.25) is 0 Å². The fourth-order valence-electron chi connectivity index (χ4n) is 1.16. The summed E-state index contributed by atoms with van der Waals surface area (Å²) in [6.07, 6.45) is -0.622. The summed E-state index contributed by atoms with van der Waals surface area (Å²) in [5, 5.41) is 0. The van der Waals surface area contributed by atoms with Gasteiger partial charge in [-0.15, -0.1) is 0 Å². The molecule has 1 aromatic rings. The van der Waals surface area contributed by atoms with Crippen molar-refractivity contribution >= 4 is 5.91 Å². The van der Waals surface area contributed by atoms with Gasteiger partial charge < -0.3 is 9.47 Å². The van der Waals surface area contributed by atoms with E-state index in [1.54, 1.807) is 31.2 Å². The molecule has 1 amide bonds. The number of hydrogen-bond acceptors (Lipinski definition) is 4. The van der Waals surface area contributed by atoms with E-state index in [0.29, 0.717) is 12.4 Å². The number of ether oxygens (including phenoxy) is 2. The lowest BCUT2D eigenvalue weighted by atomic mass is 10.3. The van der Waals surface area contributed by atoms with Crippen LogP contribution in [0.15, 0.2) is 24.3 Å². The Morgan fingerprint density at radius 2 is 1.94 bits per heavy atom. The Labute approximate surface area is 94.5 Å². The summed E-state index contributed by atoms with van der Waals surface area (Å²) in [6, 6.07) is 7.05. The fraction of sp³-hybridized carbons (Fsp3) is 0.364. The first-order chi connectivity index (χ1) is 7.67. The molecule has 0 heterocycles. The molecule has 3 N–H and O–H groups in total. The van der Waals surface area contributed by atoms with Crippen LogP contribution in [-0.2, 0) is 4.79 Å². The van der Waals surface area contributed by atoms with Crippen LogP contribution in [0.25, 0.3) is 0 Å². The van der Waals surface area contributed by atoms with Gasteiger partial charge in [-0.3, -0.25) is 10.2 Å². The van der Waals surface area contributed by atoms with Crippen LogP contribution in [0.4, 0.5) is 0 Å². The van der Waals surface area contributed by atoms with Gasteiger partial charge in [0.15, 0.2) is 6.10 Å². The zero-order valence-corrected chi connectivity index (χ0v) is 9.40. The maximum Gasteiger partial charge on any atom is 0.274 e. The van der Waals surface area contributed by atoms with Crippen molar-refractivity contribution in [3.05, 3.63) is 24.3 Å². The molecule has 0 aliphatic heterocycles. The van der Waals surface area contributed by atoms with E-state index in [-0.39, 0.29) is 5.91 Å². The lowest BCUT2D eigenvalue weighted by molar-refractivity contribution is -0.127. The second kappa shape index (κ2) is 5.97. The normalized spacial score (nSPS) is 11.7. The molecule has 1 atom stereocenters. The van der Waals surface area contributed by atoms with Gasteiger partial charge in [0.1, 0.15) is 11.5 Å². The summed E-state index contributed by atoms with van der Waals surface area (Å²) in [6.45, 7) is 4.16. The number of nitrogens with one attached hydrogen (secondary N) is 1. The van der Waals surface area contributed by atoms with Crippen molar-refractivity contribution < 1.29 is 14.3 Å². The van der Waals surface area contributed by atoms with Gasteiger partial charge in [0.25, 0.3) is 5.91 Å². The number of rotatable bonds is 5. The lowest BCUT2D eigenvalue weighted by Crippen LogP contribution is -2.40. The Morgan fingerprint density at radius 1 is 1.38 bits per heavy atom. The topological polar surface area (TPSA) is 73.6 Å².